The number of benzene rings is 1. The van der Waals surface area contributed by atoms with Crippen LogP contribution in [0.1, 0.15) is 22.8 Å². The molecule has 2 rings (SSSR count). The first-order valence-corrected chi connectivity index (χ1v) is 7.50. The second-order valence-corrected chi connectivity index (χ2v) is 6.07. The number of carbonyl (C=O) groups excluding carboxylic acids is 1. The Morgan fingerprint density at radius 2 is 1.95 bits per heavy atom. The second kappa shape index (κ2) is 6.38. The summed E-state index contributed by atoms with van der Waals surface area (Å²) in [5.74, 6) is 0.0682. The highest BCUT2D eigenvalue weighted by molar-refractivity contribution is 9.10. The zero-order chi connectivity index (χ0) is 14.7. The summed E-state index contributed by atoms with van der Waals surface area (Å²) >= 11 is 3.43. The van der Waals surface area contributed by atoms with Crippen LogP contribution in [0, 0.1) is 18.3 Å². The van der Waals surface area contributed by atoms with E-state index in [1.165, 1.54) is 0 Å². The molecule has 4 nitrogen and oxygen atoms in total. The Balaban J connectivity index is 2.03. The van der Waals surface area contributed by atoms with Crippen molar-refractivity contribution in [2.75, 3.05) is 26.2 Å². The Morgan fingerprint density at radius 3 is 2.50 bits per heavy atom. The zero-order valence-electron chi connectivity index (χ0n) is 11.8. The number of hydrogen-bond acceptors (Lipinski definition) is 3. The van der Waals surface area contributed by atoms with Gasteiger partial charge in [0.05, 0.1) is 12.1 Å². The second-order valence-electron chi connectivity index (χ2n) is 5.15. The number of nitriles is 1. The number of nitrogens with zero attached hydrogens (tertiary/aromatic N) is 3. The molecule has 0 N–H and O–H groups in total. The van der Waals surface area contributed by atoms with E-state index in [0.29, 0.717) is 13.1 Å². The van der Waals surface area contributed by atoms with Crippen molar-refractivity contribution in [3.8, 4) is 6.07 Å². The van der Waals surface area contributed by atoms with Gasteiger partial charge in [-0.1, -0.05) is 15.9 Å². The molecule has 1 fully saturated rings. The molecule has 0 radical (unpaired) electrons. The summed E-state index contributed by atoms with van der Waals surface area (Å²) in [7, 11) is 0. The number of aryl methyl sites for hydroxylation is 1. The number of piperazine rings is 1. The van der Waals surface area contributed by atoms with Gasteiger partial charge >= 0.3 is 0 Å². The van der Waals surface area contributed by atoms with Gasteiger partial charge in [0.1, 0.15) is 0 Å². The molecule has 1 aromatic rings. The normalized spacial score (nSPS) is 17.6. The Hall–Kier alpha value is -1.38. The molecule has 5 heteroatoms. The van der Waals surface area contributed by atoms with E-state index in [4.69, 9.17) is 5.26 Å². The first kappa shape index (κ1) is 15.0. The lowest BCUT2D eigenvalue weighted by molar-refractivity contribution is 0.0615. The van der Waals surface area contributed by atoms with Gasteiger partial charge in [-0.25, -0.2) is 0 Å². The fourth-order valence-electron chi connectivity index (χ4n) is 2.44. The van der Waals surface area contributed by atoms with E-state index in [1.54, 1.807) is 0 Å². The fourth-order valence-corrected chi connectivity index (χ4v) is 3.04. The molecule has 1 aromatic carbocycles. The average molecular weight is 336 g/mol. The summed E-state index contributed by atoms with van der Waals surface area (Å²) < 4.78 is 0.928. The van der Waals surface area contributed by atoms with Crippen LogP contribution < -0.4 is 0 Å². The van der Waals surface area contributed by atoms with E-state index in [1.807, 2.05) is 36.9 Å². The minimum absolute atomic E-state index is 0.0682. The van der Waals surface area contributed by atoms with Crippen molar-refractivity contribution >= 4 is 21.8 Å². The lowest BCUT2D eigenvalue weighted by Crippen LogP contribution is -2.51. The molecule has 1 aliphatic heterocycles. The highest BCUT2D eigenvalue weighted by Gasteiger charge is 2.24. The van der Waals surface area contributed by atoms with Crippen LogP contribution in [0.3, 0.4) is 0 Å². The van der Waals surface area contributed by atoms with E-state index in [0.717, 1.165) is 28.7 Å². The highest BCUT2D eigenvalue weighted by atomic mass is 79.9. The molecule has 1 atom stereocenters. The van der Waals surface area contributed by atoms with Gasteiger partial charge in [0, 0.05) is 36.2 Å². The first-order valence-electron chi connectivity index (χ1n) is 6.71. The quantitative estimate of drug-likeness (QED) is 0.833. The van der Waals surface area contributed by atoms with E-state index in [2.05, 4.69) is 26.9 Å². The van der Waals surface area contributed by atoms with Crippen LogP contribution in [0.4, 0.5) is 0 Å². The number of halogens is 1. The van der Waals surface area contributed by atoms with Gasteiger partial charge in [-0.3, -0.25) is 9.69 Å². The van der Waals surface area contributed by atoms with Crippen LogP contribution in [0.25, 0.3) is 0 Å². The van der Waals surface area contributed by atoms with Crippen LogP contribution in [-0.4, -0.2) is 47.9 Å². The molecule has 0 spiro atoms. The molecule has 1 unspecified atom stereocenters. The van der Waals surface area contributed by atoms with Gasteiger partial charge < -0.3 is 4.90 Å². The topological polar surface area (TPSA) is 47.3 Å². The van der Waals surface area contributed by atoms with E-state index < -0.39 is 0 Å². The molecule has 0 aromatic heterocycles. The SMILES string of the molecule is Cc1cc(Br)cc(C(=O)N2CCN(C(C)C#N)CC2)c1. The minimum atomic E-state index is -0.0830. The van der Waals surface area contributed by atoms with Crippen molar-refractivity contribution in [1.82, 2.24) is 9.80 Å². The lowest BCUT2D eigenvalue weighted by atomic mass is 10.1. The van der Waals surface area contributed by atoms with E-state index in [-0.39, 0.29) is 11.9 Å². The maximum Gasteiger partial charge on any atom is 0.253 e. The molecule has 0 bridgehead atoms. The summed E-state index contributed by atoms with van der Waals surface area (Å²) in [6.07, 6.45) is 0. The maximum atomic E-state index is 12.5. The van der Waals surface area contributed by atoms with Crippen molar-refractivity contribution in [2.45, 2.75) is 19.9 Å². The standard InChI is InChI=1S/C15H18BrN3O/c1-11-7-13(9-14(16)8-11)15(20)19-5-3-18(4-6-19)12(2)10-17/h7-9,12H,3-6H2,1-2H3. The first-order chi connectivity index (χ1) is 9.51. The van der Waals surface area contributed by atoms with Gasteiger partial charge in [0.2, 0.25) is 0 Å². The molecule has 1 amide bonds. The summed E-state index contributed by atoms with van der Waals surface area (Å²) in [5.41, 5.74) is 1.79. The van der Waals surface area contributed by atoms with Gasteiger partial charge in [-0.2, -0.15) is 5.26 Å². The van der Waals surface area contributed by atoms with Crippen LogP contribution in [0.2, 0.25) is 0 Å². The largest absolute Gasteiger partial charge is 0.336 e. The third kappa shape index (κ3) is 3.38. The fraction of sp³-hybridized carbons (Fsp3) is 0.467. The molecule has 1 heterocycles. The zero-order valence-corrected chi connectivity index (χ0v) is 13.4. The summed E-state index contributed by atoms with van der Waals surface area (Å²) in [6, 6.07) is 7.92. The molecular formula is C15H18BrN3O. The minimum Gasteiger partial charge on any atom is -0.336 e. The number of amides is 1. The highest BCUT2D eigenvalue weighted by Crippen LogP contribution is 2.18. The molecular weight excluding hydrogens is 318 g/mol. The van der Waals surface area contributed by atoms with Crippen molar-refractivity contribution in [3.63, 3.8) is 0 Å². The van der Waals surface area contributed by atoms with Crippen LogP contribution in [0.15, 0.2) is 22.7 Å². The number of rotatable bonds is 2. The van der Waals surface area contributed by atoms with Gasteiger partial charge in [-0.05, 0) is 37.6 Å². The monoisotopic (exact) mass is 335 g/mol. The van der Waals surface area contributed by atoms with Crippen molar-refractivity contribution in [2.24, 2.45) is 0 Å². The third-order valence-electron chi connectivity index (χ3n) is 3.63. The van der Waals surface area contributed by atoms with Gasteiger partial charge in [-0.15, -0.1) is 0 Å². The van der Waals surface area contributed by atoms with E-state index >= 15 is 0 Å². The molecule has 106 valence electrons. The predicted octanol–water partition coefficient (Wildman–Crippen LogP) is 2.43. The molecule has 0 saturated carbocycles. The Kier molecular flexibility index (Phi) is 4.79. The third-order valence-corrected chi connectivity index (χ3v) is 4.08. The number of carbonyl (C=O) groups is 1. The maximum absolute atomic E-state index is 12.5. The summed E-state index contributed by atoms with van der Waals surface area (Å²) in [6.45, 7) is 6.75. The van der Waals surface area contributed by atoms with Gasteiger partial charge in [0.25, 0.3) is 5.91 Å². The van der Waals surface area contributed by atoms with Gasteiger partial charge in [0.15, 0.2) is 0 Å². The number of hydrogen-bond donors (Lipinski definition) is 0. The molecule has 1 saturated heterocycles. The molecule has 0 aliphatic carbocycles. The van der Waals surface area contributed by atoms with Crippen molar-refractivity contribution in [3.05, 3.63) is 33.8 Å². The average Bonchev–Trinajstić information content (AvgIpc) is 2.45. The predicted molar refractivity (Wildman–Crippen MR) is 81.4 cm³/mol. The van der Waals surface area contributed by atoms with Crippen LogP contribution in [0.5, 0.6) is 0 Å². The lowest BCUT2D eigenvalue weighted by Gasteiger charge is -2.36. The van der Waals surface area contributed by atoms with Crippen LogP contribution >= 0.6 is 15.9 Å². The van der Waals surface area contributed by atoms with Crippen molar-refractivity contribution in [1.29, 1.82) is 5.26 Å². The Bertz CT molecular complexity index is 524. The van der Waals surface area contributed by atoms with Crippen LogP contribution in [-0.2, 0) is 0 Å². The summed E-state index contributed by atoms with van der Waals surface area (Å²) in [5, 5.41) is 8.92. The van der Waals surface area contributed by atoms with Crippen molar-refractivity contribution < 1.29 is 4.79 Å². The Morgan fingerprint density at radius 1 is 1.30 bits per heavy atom. The molecule has 20 heavy (non-hydrogen) atoms. The smallest absolute Gasteiger partial charge is 0.253 e. The molecule has 1 aliphatic rings. The summed E-state index contributed by atoms with van der Waals surface area (Å²) in [4.78, 5) is 16.4. The van der Waals surface area contributed by atoms with E-state index in [9.17, 15) is 4.79 Å². The Labute approximate surface area is 128 Å².